The smallest absolute Gasteiger partial charge is 0.246 e. The summed E-state index contributed by atoms with van der Waals surface area (Å²) in [5.74, 6) is 2.52. The first-order valence-electron chi connectivity index (χ1n) is 12.1. The number of pyridine rings is 1. The van der Waals surface area contributed by atoms with Gasteiger partial charge in [0.25, 0.3) is 0 Å². The van der Waals surface area contributed by atoms with Crippen LogP contribution < -0.4 is 10.1 Å². The predicted octanol–water partition coefficient (Wildman–Crippen LogP) is 6.65. The first kappa shape index (κ1) is 23.9. The monoisotopic (exact) mass is 499 g/mol. The predicted molar refractivity (Wildman–Crippen MR) is 144 cm³/mol. The Morgan fingerprint density at radius 3 is 2.83 bits per heavy atom. The van der Waals surface area contributed by atoms with Gasteiger partial charge in [-0.15, -0.1) is 11.3 Å². The van der Waals surface area contributed by atoms with E-state index in [0.717, 1.165) is 45.1 Å². The minimum atomic E-state index is 0.0652. The molecule has 184 valence electrons. The lowest BCUT2D eigenvalue weighted by atomic mass is 9.94. The molecular weight excluding hydrogens is 470 g/mol. The van der Waals surface area contributed by atoms with Crippen molar-refractivity contribution in [2.45, 2.75) is 46.6 Å². The molecule has 0 fully saturated rings. The van der Waals surface area contributed by atoms with Crippen LogP contribution in [0.5, 0.6) is 11.5 Å². The highest BCUT2D eigenvalue weighted by atomic mass is 32.1. The number of aromatic nitrogens is 3. The summed E-state index contributed by atoms with van der Waals surface area (Å²) in [5.41, 5.74) is 4.12. The van der Waals surface area contributed by atoms with Crippen molar-refractivity contribution in [3.63, 3.8) is 0 Å². The van der Waals surface area contributed by atoms with Crippen LogP contribution in [0, 0.1) is 13.8 Å². The highest BCUT2D eigenvalue weighted by molar-refractivity contribution is 7.19. The number of fused-ring (bicyclic) bond motifs is 3. The van der Waals surface area contributed by atoms with Crippen molar-refractivity contribution in [3.8, 4) is 11.5 Å². The largest absolute Gasteiger partial charge is 0.455 e. The molecule has 4 aromatic rings. The van der Waals surface area contributed by atoms with Gasteiger partial charge in [0.2, 0.25) is 5.91 Å². The Morgan fingerprint density at radius 1 is 1.22 bits per heavy atom. The normalized spacial score (nSPS) is 15.3. The van der Waals surface area contributed by atoms with E-state index in [1.807, 2.05) is 62.1 Å². The van der Waals surface area contributed by atoms with Crippen molar-refractivity contribution in [2.24, 2.45) is 0 Å². The summed E-state index contributed by atoms with van der Waals surface area (Å²) < 4.78 is 6.02. The third kappa shape index (κ3) is 4.81. The fraction of sp³-hybridized carbons (Fsp3) is 0.286. The minimum absolute atomic E-state index is 0.0652. The van der Waals surface area contributed by atoms with Crippen molar-refractivity contribution < 1.29 is 9.53 Å². The Balaban J connectivity index is 1.41. The van der Waals surface area contributed by atoms with E-state index >= 15 is 0 Å². The quantitative estimate of drug-likeness (QED) is 0.299. The van der Waals surface area contributed by atoms with Crippen molar-refractivity contribution in [2.75, 3.05) is 11.9 Å². The summed E-state index contributed by atoms with van der Waals surface area (Å²) in [7, 11) is 0. The fourth-order valence-electron chi connectivity index (χ4n) is 4.51. The van der Waals surface area contributed by atoms with Gasteiger partial charge in [0.15, 0.2) is 0 Å². The lowest BCUT2D eigenvalue weighted by molar-refractivity contribution is -0.127. The van der Waals surface area contributed by atoms with Crippen LogP contribution in [0.4, 0.5) is 11.5 Å². The van der Waals surface area contributed by atoms with Crippen LogP contribution in [-0.4, -0.2) is 32.3 Å². The Kier molecular flexibility index (Phi) is 6.69. The molecule has 1 atom stereocenters. The van der Waals surface area contributed by atoms with Crippen LogP contribution in [0.15, 0.2) is 55.0 Å². The zero-order chi connectivity index (χ0) is 25.2. The second kappa shape index (κ2) is 10.1. The molecule has 1 amide bonds. The first-order valence-corrected chi connectivity index (χ1v) is 12.9. The van der Waals surface area contributed by atoms with Crippen LogP contribution >= 0.6 is 11.3 Å². The summed E-state index contributed by atoms with van der Waals surface area (Å²) >= 11 is 1.65. The second-order valence-electron chi connectivity index (χ2n) is 9.11. The molecule has 3 aromatic heterocycles. The first-order chi connectivity index (χ1) is 17.4. The van der Waals surface area contributed by atoms with Gasteiger partial charge in [-0.05, 0) is 67.8 Å². The van der Waals surface area contributed by atoms with Crippen molar-refractivity contribution in [3.05, 3.63) is 76.7 Å². The van der Waals surface area contributed by atoms with Gasteiger partial charge in [0, 0.05) is 28.7 Å². The number of nitrogens with zero attached hydrogens (tertiary/aromatic N) is 4. The van der Waals surface area contributed by atoms with Crippen LogP contribution in [0.3, 0.4) is 0 Å². The van der Waals surface area contributed by atoms with Gasteiger partial charge in [-0.1, -0.05) is 19.9 Å². The maximum Gasteiger partial charge on any atom is 0.246 e. The van der Waals surface area contributed by atoms with E-state index in [-0.39, 0.29) is 11.8 Å². The van der Waals surface area contributed by atoms with E-state index in [4.69, 9.17) is 4.74 Å². The summed E-state index contributed by atoms with van der Waals surface area (Å²) in [6.07, 6.45) is 7.77. The molecule has 0 radical (unpaired) electrons. The van der Waals surface area contributed by atoms with Crippen LogP contribution in [-0.2, 0) is 11.3 Å². The van der Waals surface area contributed by atoms with Crippen molar-refractivity contribution in [1.82, 2.24) is 19.9 Å². The number of rotatable bonds is 6. The number of allylic oxidation sites excluding steroid dienone is 1. The lowest BCUT2D eigenvalue weighted by Gasteiger charge is -2.30. The van der Waals surface area contributed by atoms with Crippen LogP contribution in [0.2, 0.25) is 0 Å². The molecule has 1 aromatic carbocycles. The third-order valence-corrected chi connectivity index (χ3v) is 7.38. The van der Waals surface area contributed by atoms with Gasteiger partial charge in [-0.3, -0.25) is 9.78 Å². The molecule has 5 rings (SSSR count). The molecule has 0 bridgehead atoms. The van der Waals surface area contributed by atoms with Gasteiger partial charge >= 0.3 is 0 Å². The number of hydrogen-bond donors (Lipinski definition) is 1. The number of carbonyl (C=O) groups excluding carboxylic acids is 1. The topological polar surface area (TPSA) is 80.2 Å². The second-order valence-corrected chi connectivity index (χ2v) is 10.2. The Morgan fingerprint density at radius 2 is 2.08 bits per heavy atom. The number of nitrogens with one attached hydrogen (secondary N) is 1. The molecule has 1 aliphatic rings. The van der Waals surface area contributed by atoms with E-state index in [0.29, 0.717) is 18.8 Å². The molecule has 4 heterocycles. The Bertz CT molecular complexity index is 1440. The molecular formula is C28H29N5O2S. The van der Waals surface area contributed by atoms with E-state index in [1.165, 1.54) is 10.4 Å². The molecule has 1 N–H and O–H groups in total. The molecule has 7 nitrogen and oxygen atoms in total. The number of amides is 1. The maximum absolute atomic E-state index is 12.6. The highest BCUT2D eigenvalue weighted by Crippen LogP contribution is 2.42. The molecule has 0 spiro atoms. The van der Waals surface area contributed by atoms with Crippen molar-refractivity contribution in [1.29, 1.82) is 0 Å². The molecule has 36 heavy (non-hydrogen) atoms. The Labute approximate surface area is 214 Å². The number of hydrogen-bond acceptors (Lipinski definition) is 7. The number of ether oxygens (including phenoxy) is 1. The van der Waals surface area contributed by atoms with Gasteiger partial charge in [0.05, 0.1) is 18.1 Å². The summed E-state index contributed by atoms with van der Waals surface area (Å²) in [5, 5.41) is 4.55. The average Bonchev–Trinajstić information content (AvgIpc) is 3.25. The summed E-state index contributed by atoms with van der Waals surface area (Å²) in [6.45, 7) is 9.45. The molecule has 0 saturated heterocycles. The highest BCUT2D eigenvalue weighted by Gasteiger charge is 2.30. The zero-order valence-corrected chi connectivity index (χ0v) is 21.7. The number of thiophene rings is 1. The van der Waals surface area contributed by atoms with E-state index in [9.17, 15) is 4.79 Å². The van der Waals surface area contributed by atoms with Crippen LogP contribution in [0.25, 0.3) is 10.2 Å². The number of benzene rings is 1. The van der Waals surface area contributed by atoms with Gasteiger partial charge in [0.1, 0.15) is 28.5 Å². The third-order valence-electron chi connectivity index (χ3n) is 6.28. The van der Waals surface area contributed by atoms with Gasteiger partial charge in [-0.2, -0.15) is 0 Å². The van der Waals surface area contributed by atoms with Gasteiger partial charge in [-0.25, -0.2) is 9.97 Å². The number of carbonyl (C=O) groups is 1. The van der Waals surface area contributed by atoms with Crippen molar-refractivity contribution >= 4 is 39.0 Å². The Hall–Kier alpha value is -3.78. The SMILES string of the molecule is CC/C=C/C(=O)N1Cc2sc3ncnc(Nc4ccc(Oc5ccc(C)nc5)c(C)c4)c3c2C(C)C1. The minimum Gasteiger partial charge on any atom is -0.455 e. The van der Waals surface area contributed by atoms with Gasteiger partial charge < -0.3 is 15.0 Å². The standard InChI is InChI=1S/C28H29N5O2S/c1-5-6-7-24(34)33-14-18(3)25-23(15-33)36-28-26(25)27(30-16-31-28)32-20-9-11-22(17(2)12-20)35-21-10-8-19(4)29-13-21/h6-13,16,18H,5,14-15H2,1-4H3,(H,30,31,32)/b7-6+. The molecule has 8 heteroatoms. The molecule has 0 saturated carbocycles. The molecule has 1 unspecified atom stereocenters. The fourth-order valence-corrected chi connectivity index (χ4v) is 5.78. The summed E-state index contributed by atoms with van der Waals surface area (Å²) in [6, 6.07) is 9.84. The maximum atomic E-state index is 12.6. The van der Waals surface area contributed by atoms with E-state index < -0.39 is 0 Å². The number of aryl methyl sites for hydroxylation is 2. The molecule has 1 aliphatic heterocycles. The van der Waals surface area contributed by atoms with E-state index in [1.54, 1.807) is 29.9 Å². The molecule has 0 aliphatic carbocycles. The number of anilines is 2. The lowest BCUT2D eigenvalue weighted by Crippen LogP contribution is -2.35. The van der Waals surface area contributed by atoms with E-state index in [2.05, 4.69) is 27.2 Å². The van der Waals surface area contributed by atoms with Crippen LogP contribution in [0.1, 0.15) is 47.9 Å². The average molecular weight is 500 g/mol. The zero-order valence-electron chi connectivity index (χ0n) is 20.9. The summed E-state index contributed by atoms with van der Waals surface area (Å²) in [4.78, 5) is 30.1.